The number of ether oxygens (including phenoxy) is 1. The summed E-state index contributed by atoms with van der Waals surface area (Å²) in [4.78, 5) is 11.2. The summed E-state index contributed by atoms with van der Waals surface area (Å²) in [5.41, 5.74) is 10.2. The highest BCUT2D eigenvalue weighted by Gasteiger charge is 2.39. The molecular weight excluding hydrogens is 192 g/mol. The molecule has 2 unspecified atom stereocenters. The number of nitrogens with two attached hydrogens (primary N) is 2. The van der Waals surface area contributed by atoms with Crippen molar-refractivity contribution in [2.75, 3.05) is 0 Å². The van der Waals surface area contributed by atoms with Crippen LogP contribution in [0.5, 0.6) is 0 Å². The summed E-state index contributed by atoms with van der Waals surface area (Å²) in [6.07, 6.45) is 3.13. The number of carbonyl (C=O) groups excluding carboxylic acids is 1. The van der Waals surface area contributed by atoms with Gasteiger partial charge in [0.1, 0.15) is 0 Å². The lowest BCUT2D eigenvalue weighted by Gasteiger charge is -2.38. The van der Waals surface area contributed by atoms with Gasteiger partial charge < -0.3 is 16.2 Å². The van der Waals surface area contributed by atoms with E-state index in [2.05, 4.69) is 0 Å². The lowest BCUT2D eigenvalue weighted by molar-refractivity contribution is -0.130. The second-order valence-electron chi connectivity index (χ2n) is 5.47. The lowest BCUT2D eigenvalue weighted by atomic mass is 9.80. The van der Waals surface area contributed by atoms with Gasteiger partial charge in [-0.25, -0.2) is 0 Å². The zero-order chi connectivity index (χ0) is 11.7. The van der Waals surface area contributed by atoms with Crippen LogP contribution in [0.3, 0.4) is 0 Å². The van der Waals surface area contributed by atoms with Gasteiger partial charge in [-0.15, -0.1) is 0 Å². The average Bonchev–Trinajstić information content (AvgIpc) is 2.00. The molecule has 2 atom stereocenters. The van der Waals surface area contributed by atoms with Gasteiger partial charge in [-0.3, -0.25) is 4.79 Å². The molecule has 0 radical (unpaired) electrons. The Morgan fingerprint density at radius 1 is 1.47 bits per heavy atom. The van der Waals surface area contributed by atoms with E-state index in [9.17, 15) is 4.79 Å². The topological polar surface area (TPSA) is 78.3 Å². The highest BCUT2D eigenvalue weighted by atomic mass is 16.5. The van der Waals surface area contributed by atoms with Crippen LogP contribution in [0.4, 0.5) is 0 Å². The van der Waals surface area contributed by atoms with Crippen molar-refractivity contribution in [1.29, 1.82) is 0 Å². The largest absolute Gasteiger partial charge is 0.373 e. The molecule has 1 fully saturated rings. The van der Waals surface area contributed by atoms with Gasteiger partial charge in [0.25, 0.3) is 0 Å². The molecule has 0 heterocycles. The van der Waals surface area contributed by atoms with Crippen LogP contribution in [0.25, 0.3) is 0 Å². The Morgan fingerprint density at radius 2 is 2.07 bits per heavy atom. The van der Waals surface area contributed by atoms with Gasteiger partial charge in [0.15, 0.2) is 0 Å². The molecule has 0 aromatic rings. The van der Waals surface area contributed by atoms with E-state index in [0.29, 0.717) is 12.8 Å². The van der Waals surface area contributed by atoms with Crippen LogP contribution >= 0.6 is 0 Å². The summed E-state index contributed by atoms with van der Waals surface area (Å²) < 4.78 is 5.84. The molecule has 1 rings (SSSR count). The molecule has 15 heavy (non-hydrogen) atoms. The first-order chi connectivity index (χ1) is 6.73. The Morgan fingerprint density at radius 3 is 2.53 bits per heavy atom. The maximum absolute atomic E-state index is 11.2. The van der Waals surface area contributed by atoms with Crippen LogP contribution in [0.1, 0.15) is 46.5 Å². The Labute approximate surface area is 91.3 Å². The van der Waals surface area contributed by atoms with Crippen molar-refractivity contribution in [2.45, 2.75) is 63.7 Å². The maximum Gasteiger partial charge on any atom is 0.237 e. The first-order valence-electron chi connectivity index (χ1n) is 5.49. The number of primary amides is 1. The third kappa shape index (κ3) is 3.47. The number of hydrogen-bond donors (Lipinski definition) is 2. The SMILES string of the molecule is CC(C)(C)OC1CCCC(N)(C(N)=O)C1. The third-order valence-corrected chi connectivity index (χ3v) is 2.75. The van der Waals surface area contributed by atoms with Gasteiger partial charge in [-0.2, -0.15) is 0 Å². The van der Waals surface area contributed by atoms with Crippen LogP contribution in [0, 0.1) is 0 Å². The van der Waals surface area contributed by atoms with Crippen molar-refractivity contribution in [2.24, 2.45) is 11.5 Å². The fraction of sp³-hybridized carbons (Fsp3) is 0.909. The van der Waals surface area contributed by atoms with E-state index in [-0.39, 0.29) is 11.7 Å². The van der Waals surface area contributed by atoms with Crippen molar-refractivity contribution in [3.8, 4) is 0 Å². The Kier molecular flexibility index (Phi) is 3.41. The molecule has 1 aliphatic carbocycles. The Balaban J connectivity index is 2.60. The molecule has 1 amide bonds. The van der Waals surface area contributed by atoms with Crippen molar-refractivity contribution >= 4 is 5.91 Å². The molecule has 1 saturated carbocycles. The second kappa shape index (κ2) is 4.10. The van der Waals surface area contributed by atoms with Crippen molar-refractivity contribution < 1.29 is 9.53 Å². The summed E-state index contributed by atoms with van der Waals surface area (Å²) in [6.45, 7) is 6.01. The first-order valence-corrected chi connectivity index (χ1v) is 5.49. The van der Waals surface area contributed by atoms with Gasteiger partial charge in [0.2, 0.25) is 5.91 Å². The van der Waals surface area contributed by atoms with Gasteiger partial charge in [-0.1, -0.05) is 0 Å². The zero-order valence-corrected chi connectivity index (χ0v) is 9.88. The number of carbonyl (C=O) groups is 1. The number of amides is 1. The molecule has 0 aliphatic heterocycles. The van der Waals surface area contributed by atoms with Crippen LogP contribution in [-0.4, -0.2) is 23.2 Å². The van der Waals surface area contributed by atoms with E-state index >= 15 is 0 Å². The minimum absolute atomic E-state index is 0.0521. The smallest absolute Gasteiger partial charge is 0.237 e. The van der Waals surface area contributed by atoms with Gasteiger partial charge in [0, 0.05) is 6.42 Å². The van der Waals surface area contributed by atoms with Crippen LogP contribution in [0.2, 0.25) is 0 Å². The molecule has 1 aliphatic rings. The summed E-state index contributed by atoms with van der Waals surface area (Å²) in [6, 6.07) is 0. The molecular formula is C11H22N2O2. The third-order valence-electron chi connectivity index (χ3n) is 2.75. The Hall–Kier alpha value is -0.610. The minimum atomic E-state index is -0.867. The van der Waals surface area contributed by atoms with Gasteiger partial charge >= 0.3 is 0 Å². The predicted molar refractivity (Wildman–Crippen MR) is 59.2 cm³/mol. The summed E-state index contributed by atoms with van der Waals surface area (Å²) in [5.74, 6) is -0.412. The van der Waals surface area contributed by atoms with E-state index in [0.717, 1.165) is 12.8 Å². The van der Waals surface area contributed by atoms with Crippen molar-refractivity contribution in [1.82, 2.24) is 0 Å². The highest BCUT2D eigenvalue weighted by Crippen LogP contribution is 2.30. The van der Waals surface area contributed by atoms with Gasteiger partial charge in [-0.05, 0) is 40.0 Å². The molecule has 0 aromatic carbocycles. The van der Waals surface area contributed by atoms with E-state index in [4.69, 9.17) is 16.2 Å². The first kappa shape index (κ1) is 12.5. The maximum atomic E-state index is 11.2. The molecule has 4 N–H and O–H groups in total. The normalized spacial score (nSPS) is 32.7. The van der Waals surface area contributed by atoms with E-state index in [1.807, 2.05) is 20.8 Å². The Bertz CT molecular complexity index is 247. The molecule has 88 valence electrons. The average molecular weight is 214 g/mol. The van der Waals surface area contributed by atoms with E-state index in [1.54, 1.807) is 0 Å². The molecule has 0 aromatic heterocycles. The van der Waals surface area contributed by atoms with Crippen molar-refractivity contribution in [3.05, 3.63) is 0 Å². The zero-order valence-electron chi connectivity index (χ0n) is 9.88. The number of hydrogen-bond acceptors (Lipinski definition) is 3. The molecule has 0 spiro atoms. The quantitative estimate of drug-likeness (QED) is 0.717. The van der Waals surface area contributed by atoms with E-state index < -0.39 is 11.4 Å². The summed E-state index contributed by atoms with van der Waals surface area (Å²) in [7, 11) is 0. The fourth-order valence-corrected chi connectivity index (χ4v) is 2.08. The summed E-state index contributed by atoms with van der Waals surface area (Å²) >= 11 is 0. The monoisotopic (exact) mass is 214 g/mol. The fourth-order valence-electron chi connectivity index (χ4n) is 2.08. The molecule has 4 heteroatoms. The summed E-state index contributed by atoms with van der Waals surface area (Å²) in [5, 5.41) is 0. The lowest BCUT2D eigenvalue weighted by Crippen LogP contribution is -2.56. The van der Waals surface area contributed by atoms with Crippen LogP contribution in [0.15, 0.2) is 0 Å². The highest BCUT2D eigenvalue weighted by molar-refractivity contribution is 5.84. The van der Waals surface area contributed by atoms with Crippen molar-refractivity contribution in [3.63, 3.8) is 0 Å². The van der Waals surface area contributed by atoms with Crippen LogP contribution in [-0.2, 0) is 9.53 Å². The molecule has 4 nitrogen and oxygen atoms in total. The predicted octanol–water partition coefficient (Wildman–Crippen LogP) is 0.927. The van der Waals surface area contributed by atoms with Gasteiger partial charge in [0.05, 0.1) is 17.2 Å². The van der Waals surface area contributed by atoms with Crippen LogP contribution < -0.4 is 11.5 Å². The van der Waals surface area contributed by atoms with E-state index in [1.165, 1.54) is 0 Å². The molecule has 0 bridgehead atoms. The minimum Gasteiger partial charge on any atom is -0.373 e. The number of rotatable bonds is 2. The second-order valence-corrected chi connectivity index (χ2v) is 5.47. The standard InChI is InChI=1S/C11H22N2O2/c1-10(2,3)15-8-5-4-6-11(13,7-8)9(12)14/h8H,4-7,13H2,1-3H3,(H2,12,14). The molecule has 0 saturated heterocycles.